The molecule has 0 aromatic heterocycles. The Balaban J connectivity index is 1.46. The lowest BCUT2D eigenvalue weighted by atomic mass is 10.0. The highest BCUT2D eigenvalue weighted by atomic mass is 16.5. The third-order valence-corrected chi connectivity index (χ3v) is 7.84. The van der Waals surface area contributed by atoms with Gasteiger partial charge < -0.3 is 24.4 Å². The summed E-state index contributed by atoms with van der Waals surface area (Å²) in [5.74, 6) is 0. The van der Waals surface area contributed by atoms with Crippen LogP contribution in [0.4, 0.5) is 0 Å². The van der Waals surface area contributed by atoms with Gasteiger partial charge in [-0.2, -0.15) is 0 Å². The fourth-order valence-corrected chi connectivity index (χ4v) is 5.72. The zero-order chi connectivity index (χ0) is 29.0. The van der Waals surface area contributed by atoms with Crippen LogP contribution in [0.15, 0.2) is 121 Å². The van der Waals surface area contributed by atoms with Crippen molar-refractivity contribution in [2.24, 2.45) is 0 Å². The summed E-state index contributed by atoms with van der Waals surface area (Å²) < 4.78 is 19.8. The molecule has 5 rings (SSSR count). The van der Waals surface area contributed by atoms with Gasteiger partial charge in [-0.25, -0.2) is 0 Å². The number of hydrogen-bond acceptors (Lipinski definition) is 6. The van der Waals surface area contributed by atoms with E-state index in [1.165, 1.54) is 0 Å². The number of nitrogens with zero attached hydrogens (tertiary/aromatic N) is 1. The molecule has 4 aromatic carbocycles. The molecule has 0 bridgehead atoms. The quantitative estimate of drug-likeness (QED) is 0.201. The second-order valence-electron chi connectivity index (χ2n) is 10.9. The molecular formula is C36H41NO5. The predicted molar refractivity (Wildman–Crippen MR) is 163 cm³/mol. The minimum atomic E-state index is -0.880. The van der Waals surface area contributed by atoms with Crippen molar-refractivity contribution in [1.29, 1.82) is 0 Å². The molecule has 4 aromatic rings. The van der Waals surface area contributed by atoms with Crippen molar-refractivity contribution in [2.45, 2.75) is 63.2 Å². The molecule has 1 heterocycles. The Bertz CT molecular complexity index is 1290. The molecule has 0 spiro atoms. The van der Waals surface area contributed by atoms with E-state index in [1.54, 1.807) is 0 Å². The summed E-state index contributed by atoms with van der Waals surface area (Å²) in [5, 5.41) is 20.6. The first-order chi connectivity index (χ1) is 20.7. The first kappa shape index (κ1) is 30.1. The number of rotatable bonds is 15. The molecule has 1 saturated heterocycles. The monoisotopic (exact) mass is 567 g/mol. The molecule has 6 heteroatoms. The van der Waals surface area contributed by atoms with Crippen LogP contribution in [0.3, 0.4) is 0 Å². The second kappa shape index (κ2) is 15.8. The van der Waals surface area contributed by atoms with Crippen LogP contribution in [-0.4, -0.2) is 58.7 Å². The highest BCUT2D eigenvalue weighted by Crippen LogP contribution is 2.35. The molecule has 1 aliphatic heterocycles. The molecule has 2 N–H and O–H groups in total. The summed E-state index contributed by atoms with van der Waals surface area (Å²) in [6.07, 6.45) is -1.22. The normalized spacial score (nSPS) is 21.4. The molecule has 220 valence electrons. The molecule has 5 atom stereocenters. The SMILES string of the molecule is OC[C@@H](O)C[C@H]1[C@@H](OCc2ccccc2)[C@H](OCc2ccccc2)[C@@H](COCc2ccccc2)N1Cc1ccccc1. The van der Waals surface area contributed by atoms with Gasteiger partial charge in [0.05, 0.1) is 45.2 Å². The van der Waals surface area contributed by atoms with Crippen molar-refractivity contribution < 1.29 is 24.4 Å². The van der Waals surface area contributed by atoms with E-state index in [2.05, 4.69) is 53.4 Å². The van der Waals surface area contributed by atoms with E-state index in [4.69, 9.17) is 14.2 Å². The van der Waals surface area contributed by atoms with Crippen molar-refractivity contribution in [3.63, 3.8) is 0 Å². The number of hydrogen-bond donors (Lipinski definition) is 2. The van der Waals surface area contributed by atoms with Crippen LogP contribution < -0.4 is 0 Å². The van der Waals surface area contributed by atoms with Gasteiger partial charge in [-0.1, -0.05) is 121 Å². The lowest BCUT2D eigenvalue weighted by Crippen LogP contribution is -2.43. The summed E-state index contributed by atoms with van der Waals surface area (Å²) in [6.45, 7) is 2.09. The van der Waals surface area contributed by atoms with Crippen LogP contribution in [0.1, 0.15) is 28.7 Å². The predicted octanol–water partition coefficient (Wildman–Crippen LogP) is 5.37. The van der Waals surface area contributed by atoms with Crippen LogP contribution in [0.5, 0.6) is 0 Å². The third-order valence-electron chi connectivity index (χ3n) is 7.84. The molecule has 1 fully saturated rings. The maximum Gasteiger partial charge on any atom is 0.103 e. The largest absolute Gasteiger partial charge is 0.394 e. The van der Waals surface area contributed by atoms with E-state index in [0.717, 1.165) is 22.3 Å². The molecule has 42 heavy (non-hydrogen) atoms. The molecule has 0 saturated carbocycles. The van der Waals surface area contributed by atoms with Gasteiger partial charge in [0.25, 0.3) is 0 Å². The second-order valence-corrected chi connectivity index (χ2v) is 10.9. The molecule has 0 radical (unpaired) electrons. The van der Waals surface area contributed by atoms with E-state index >= 15 is 0 Å². The Morgan fingerprint density at radius 2 is 1.00 bits per heavy atom. The van der Waals surface area contributed by atoms with E-state index in [9.17, 15) is 10.2 Å². The van der Waals surface area contributed by atoms with Gasteiger partial charge in [-0.05, 0) is 28.7 Å². The van der Waals surface area contributed by atoms with E-state index < -0.39 is 6.10 Å². The average Bonchev–Trinajstić information content (AvgIpc) is 3.31. The molecule has 0 aliphatic carbocycles. The number of aliphatic hydroxyl groups is 2. The summed E-state index contributed by atoms with van der Waals surface area (Å²) in [4.78, 5) is 2.35. The van der Waals surface area contributed by atoms with Crippen molar-refractivity contribution in [3.8, 4) is 0 Å². The Kier molecular flexibility index (Phi) is 11.3. The standard InChI is InChI=1S/C36H41NO5/c38-23-32(39)21-33-35(41-25-30-17-9-3-10-18-30)36(42-26-31-19-11-4-12-20-31)34(27-40-24-29-15-7-2-8-16-29)37(33)22-28-13-5-1-6-14-28/h1-20,32-36,38-39H,21-27H2/t32-,33-,34+,35+,36+/m0/s1. The van der Waals surface area contributed by atoms with Crippen LogP contribution in [0.2, 0.25) is 0 Å². The summed E-state index contributed by atoms with van der Waals surface area (Å²) >= 11 is 0. The van der Waals surface area contributed by atoms with Crippen molar-refractivity contribution >= 4 is 0 Å². The lowest BCUT2D eigenvalue weighted by molar-refractivity contribution is -0.0890. The molecule has 0 unspecified atom stereocenters. The van der Waals surface area contributed by atoms with E-state index in [-0.39, 0.29) is 30.9 Å². The van der Waals surface area contributed by atoms with E-state index in [1.807, 2.05) is 72.8 Å². The Labute approximate surface area is 249 Å². The minimum absolute atomic E-state index is 0.144. The molecule has 6 nitrogen and oxygen atoms in total. The third kappa shape index (κ3) is 8.35. The van der Waals surface area contributed by atoms with E-state index in [0.29, 0.717) is 39.4 Å². The van der Waals surface area contributed by atoms with Crippen LogP contribution in [0, 0.1) is 0 Å². The topological polar surface area (TPSA) is 71.4 Å². The zero-order valence-electron chi connectivity index (χ0n) is 23.9. The van der Waals surface area contributed by atoms with Crippen molar-refractivity contribution in [3.05, 3.63) is 144 Å². The minimum Gasteiger partial charge on any atom is -0.394 e. The lowest BCUT2D eigenvalue weighted by Gasteiger charge is -2.32. The van der Waals surface area contributed by atoms with Crippen LogP contribution >= 0.6 is 0 Å². The fourth-order valence-electron chi connectivity index (χ4n) is 5.72. The average molecular weight is 568 g/mol. The van der Waals surface area contributed by atoms with Gasteiger partial charge >= 0.3 is 0 Å². The number of benzene rings is 4. The van der Waals surface area contributed by atoms with Crippen molar-refractivity contribution in [1.82, 2.24) is 4.90 Å². The highest BCUT2D eigenvalue weighted by molar-refractivity contribution is 5.19. The first-order valence-corrected chi connectivity index (χ1v) is 14.7. The molecule has 0 amide bonds. The fraction of sp³-hybridized carbons (Fsp3) is 0.333. The highest BCUT2D eigenvalue weighted by Gasteiger charge is 2.50. The molecule has 1 aliphatic rings. The van der Waals surface area contributed by atoms with Crippen molar-refractivity contribution in [2.75, 3.05) is 13.2 Å². The summed E-state index contributed by atoms with van der Waals surface area (Å²) in [7, 11) is 0. The smallest absolute Gasteiger partial charge is 0.103 e. The molecular weight excluding hydrogens is 526 g/mol. The summed E-state index contributed by atoms with van der Waals surface area (Å²) in [6, 6.07) is 40.4. The van der Waals surface area contributed by atoms with Gasteiger partial charge in [-0.15, -0.1) is 0 Å². The van der Waals surface area contributed by atoms with Gasteiger partial charge in [0, 0.05) is 12.6 Å². The number of aliphatic hydroxyl groups excluding tert-OH is 2. The number of likely N-dealkylation sites (tertiary alicyclic amines) is 1. The first-order valence-electron chi connectivity index (χ1n) is 14.7. The Morgan fingerprint density at radius 1 is 0.571 bits per heavy atom. The van der Waals surface area contributed by atoms with Gasteiger partial charge in [-0.3, -0.25) is 4.90 Å². The van der Waals surface area contributed by atoms with Crippen LogP contribution in [0.25, 0.3) is 0 Å². The van der Waals surface area contributed by atoms with Crippen LogP contribution in [-0.2, 0) is 40.6 Å². The Hall–Kier alpha value is -3.36. The number of ether oxygens (including phenoxy) is 3. The van der Waals surface area contributed by atoms with Gasteiger partial charge in [0.1, 0.15) is 12.2 Å². The summed E-state index contributed by atoms with van der Waals surface area (Å²) in [5.41, 5.74) is 4.41. The van der Waals surface area contributed by atoms with Gasteiger partial charge in [0.15, 0.2) is 0 Å². The zero-order valence-corrected chi connectivity index (χ0v) is 23.9. The Morgan fingerprint density at radius 3 is 1.48 bits per heavy atom. The van der Waals surface area contributed by atoms with Gasteiger partial charge in [0.2, 0.25) is 0 Å². The maximum absolute atomic E-state index is 10.7. The maximum atomic E-state index is 10.7.